The number of amides is 2. The van der Waals surface area contributed by atoms with Crippen LogP contribution < -0.4 is 16.0 Å². The SMILES string of the molecule is C[C@H](c1ccc(Cl)cc1C(F)(F)F)N1NNc2ccc(C3=CCN(C(=O)[C@H]4CCCCN4C(=O)OC(C)(C)C)CC3)cc21. The number of rotatable bonds is 4. The molecule has 0 unspecified atom stereocenters. The summed E-state index contributed by atoms with van der Waals surface area (Å²) in [5, 5.41) is 1.70. The van der Waals surface area contributed by atoms with Crippen LogP contribution in [0.3, 0.4) is 0 Å². The Labute approximate surface area is 254 Å². The maximum atomic E-state index is 13.8. The van der Waals surface area contributed by atoms with E-state index in [0.29, 0.717) is 38.2 Å². The number of likely N-dealkylation sites (tertiary alicyclic amines) is 1. The Hall–Kier alpha value is -3.44. The number of carbonyl (C=O) groups is 2. The van der Waals surface area contributed by atoms with Crippen molar-refractivity contribution in [3.8, 4) is 0 Å². The van der Waals surface area contributed by atoms with Gasteiger partial charge in [-0.15, -0.1) is 5.53 Å². The van der Waals surface area contributed by atoms with Gasteiger partial charge in [0, 0.05) is 24.7 Å². The highest BCUT2D eigenvalue weighted by molar-refractivity contribution is 6.30. The van der Waals surface area contributed by atoms with E-state index >= 15 is 0 Å². The van der Waals surface area contributed by atoms with Gasteiger partial charge in [-0.25, -0.2) is 4.79 Å². The summed E-state index contributed by atoms with van der Waals surface area (Å²) in [4.78, 5) is 29.7. The molecule has 0 saturated carbocycles. The van der Waals surface area contributed by atoms with Gasteiger partial charge in [0.05, 0.1) is 23.0 Å². The quantitative estimate of drug-likeness (QED) is 0.378. The lowest BCUT2D eigenvalue weighted by atomic mass is 9.96. The van der Waals surface area contributed by atoms with Crippen LogP contribution in [0.25, 0.3) is 5.57 Å². The average molecular weight is 620 g/mol. The van der Waals surface area contributed by atoms with Gasteiger partial charge < -0.3 is 15.1 Å². The summed E-state index contributed by atoms with van der Waals surface area (Å²) in [7, 11) is 0. The summed E-state index contributed by atoms with van der Waals surface area (Å²) in [6, 6.07) is 8.39. The van der Waals surface area contributed by atoms with Gasteiger partial charge in [-0.1, -0.05) is 29.8 Å². The van der Waals surface area contributed by atoms with E-state index in [-0.39, 0.29) is 16.5 Å². The summed E-state index contributed by atoms with van der Waals surface area (Å²) in [5.74, 6) is -0.0772. The van der Waals surface area contributed by atoms with E-state index in [4.69, 9.17) is 16.3 Å². The first-order chi connectivity index (χ1) is 20.2. The zero-order valence-corrected chi connectivity index (χ0v) is 25.5. The first kappa shape index (κ1) is 31.0. The van der Waals surface area contributed by atoms with E-state index in [2.05, 4.69) is 11.0 Å². The molecule has 0 aromatic heterocycles. The Morgan fingerprint density at radius 1 is 1.07 bits per heavy atom. The smallest absolute Gasteiger partial charge is 0.416 e. The Bertz CT molecular complexity index is 1420. The average Bonchev–Trinajstić information content (AvgIpc) is 3.38. The Morgan fingerprint density at radius 3 is 2.51 bits per heavy atom. The molecule has 43 heavy (non-hydrogen) atoms. The first-order valence-electron chi connectivity index (χ1n) is 14.5. The topological polar surface area (TPSA) is 77.2 Å². The monoisotopic (exact) mass is 619 g/mol. The summed E-state index contributed by atoms with van der Waals surface area (Å²) in [6.07, 6.45) is -0.0853. The number of hydrazine groups is 2. The minimum absolute atomic E-state index is 0.0243. The van der Waals surface area contributed by atoms with Crippen molar-refractivity contribution in [2.75, 3.05) is 30.1 Å². The highest BCUT2D eigenvalue weighted by Gasteiger charge is 2.39. The number of halogens is 4. The molecule has 0 aliphatic carbocycles. The highest BCUT2D eigenvalue weighted by Crippen LogP contribution is 2.42. The molecule has 2 atom stereocenters. The van der Waals surface area contributed by atoms with Crippen molar-refractivity contribution in [2.45, 2.75) is 77.2 Å². The van der Waals surface area contributed by atoms with E-state index in [9.17, 15) is 22.8 Å². The predicted molar refractivity (Wildman–Crippen MR) is 160 cm³/mol. The Balaban J connectivity index is 1.31. The van der Waals surface area contributed by atoms with Crippen LogP contribution >= 0.6 is 11.6 Å². The summed E-state index contributed by atoms with van der Waals surface area (Å²) in [5.41, 5.74) is 8.13. The number of nitrogens with zero attached hydrogens (tertiary/aromatic N) is 3. The molecule has 0 spiro atoms. The third kappa shape index (κ3) is 6.72. The molecule has 1 saturated heterocycles. The fourth-order valence-corrected chi connectivity index (χ4v) is 6.04. The molecule has 2 amide bonds. The van der Waals surface area contributed by atoms with E-state index in [1.165, 1.54) is 12.1 Å². The van der Waals surface area contributed by atoms with Crippen LogP contribution in [0.5, 0.6) is 0 Å². The van der Waals surface area contributed by atoms with Crippen LogP contribution in [0.4, 0.5) is 29.3 Å². The van der Waals surface area contributed by atoms with Crippen LogP contribution in [-0.2, 0) is 15.7 Å². The molecule has 2 aromatic rings. The summed E-state index contributed by atoms with van der Waals surface area (Å²) < 4.78 is 47.1. The lowest BCUT2D eigenvalue weighted by Gasteiger charge is -2.39. The molecule has 232 valence electrons. The van der Waals surface area contributed by atoms with Crippen LogP contribution in [0.1, 0.15) is 76.1 Å². The molecular formula is C31H37ClF3N5O3. The van der Waals surface area contributed by atoms with E-state index in [1.807, 2.05) is 45.0 Å². The third-order valence-electron chi connectivity index (χ3n) is 8.03. The molecule has 0 radical (unpaired) electrons. The number of anilines is 2. The van der Waals surface area contributed by atoms with E-state index in [0.717, 1.165) is 35.7 Å². The zero-order chi connectivity index (χ0) is 31.1. The molecule has 2 N–H and O–H groups in total. The number of alkyl halides is 3. The van der Waals surface area contributed by atoms with Crippen molar-refractivity contribution >= 4 is 40.5 Å². The number of carbonyl (C=O) groups excluding carboxylic acids is 2. The van der Waals surface area contributed by atoms with Crippen LogP contribution in [0.2, 0.25) is 5.02 Å². The van der Waals surface area contributed by atoms with Gasteiger partial charge in [0.2, 0.25) is 5.91 Å². The lowest BCUT2D eigenvalue weighted by Crippen LogP contribution is -2.54. The molecule has 12 heteroatoms. The number of fused-ring (bicyclic) bond motifs is 1. The first-order valence-corrected chi connectivity index (χ1v) is 14.9. The molecular weight excluding hydrogens is 583 g/mol. The van der Waals surface area contributed by atoms with Crippen LogP contribution in [0.15, 0.2) is 42.5 Å². The molecule has 3 aliphatic heterocycles. The number of benzene rings is 2. The van der Waals surface area contributed by atoms with E-state index < -0.39 is 35.5 Å². The number of ether oxygens (including phenoxy) is 1. The number of hydrogen-bond donors (Lipinski definition) is 2. The third-order valence-corrected chi connectivity index (χ3v) is 8.27. The van der Waals surface area contributed by atoms with Crippen molar-refractivity contribution in [3.05, 3.63) is 64.2 Å². The lowest BCUT2D eigenvalue weighted by molar-refractivity contribution is -0.138. The fraction of sp³-hybridized carbons (Fsp3) is 0.484. The van der Waals surface area contributed by atoms with Gasteiger partial charge in [0.15, 0.2) is 0 Å². The predicted octanol–water partition coefficient (Wildman–Crippen LogP) is 7.18. The Morgan fingerprint density at radius 2 is 1.84 bits per heavy atom. The van der Waals surface area contributed by atoms with Crippen molar-refractivity contribution in [1.82, 2.24) is 15.3 Å². The van der Waals surface area contributed by atoms with Gasteiger partial charge in [-0.2, -0.15) is 13.2 Å². The number of nitrogens with one attached hydrogen (secondary N) is 2. The van der Waals surface area contributed by atoms with Gasteiger partial charge in [-0.05, 0) is 94.3 Å². The molecule has 2 aromatic carbocycles. The second-order valence-corrected chi connectivity index (χ2v) is 12.6. The second kappa shape index (κ2) is 11.9. The number of hydrogen-bond acceptors (Lipinski definition) is 6. The van der Waals surface area contributed by atoms with Crippen molar-refractivity contribution in [3.63, 3.8) is 0 Å². The van der Waals surface area contributed by atoms with Gasteiger partial charge >= 0.3 is 12.3 Å². The van der Waals surface area contributed by atoms with Gasteiger partial charge in [0.1, 0.15) is 11.6 Å². The normalized spacial score (nSPS) is 19.9. The number of piperidine rings is 1. The van der Waals surface area contributed by atoms with Crippen molar-refractivity contribution in [2.24, 2.45) is 0 Å². The molecule has 3 aliphatic rings. The summed E-state index contributed by atoms with van der Waals surface area (Å²) >= 11 is 5.90. The molecule has 3 heterocycles. The minimum Gasteiger partial charge on any atom is -0.444 e. The maximum Gasteiger partial charge on any atom is 0.416 e. The fourth-order valence-electron chi connectivity index (χ4n) is 5.87. The maximum absolute atomic E-state index is 13.8. The molecule has 1 fully saturated rings. The minimum atomic E-state index is -4.55. The standard InChI is InChI=1S/C31H37ClF3N5O3/c1-19(23-10-9-22(32)18-24(23)31(33,34)35)40-27-17-21(8-11-25(27)36-37-40)20-12-15-38(16-13-20)28(41)26-7-5-6-14-39(26)29(42)43-30(2,3)4/h8-12,17-19,26,36-37H,5-7,13-16H2,1-4H3/t19-,26-/m1/s1. The van der Waals surface area contributed by atoms with Crippen molar-refractivity contribution in [1.29, 1.82) is 0 Å². The molecule has 0 bridgehead atoms. The van der Waals surface area contributed by atoms with Crippen molar-refractivity contribution < 1.29 is 27.5 Å². The van der Waals surface area contributed by atoms with Crippen LogP contribution in [-0.4, -0.2) is 53.1 Å². The molecule has 5 rings (SSSR count). The highest BCUT2D eigenvalue weighted by atomic mass is 35.5. The summed E-state index contributed by atoms with van der Waals surface area (Å²) in [6.45, 7) is 8.52. The second-order valence-electron chi connectivity index (χ2n) is 12.2. The van der Waals surface area contributed by atoms with Gasteiger partial charge in [0.25, 0.3) is 0 Å². The largest absolute Gasteiger partial charge is 0.444 e. The molecule has 8 nitrogen and oxygen atoms in total. The van der Waals surface area contributed by atoms with Gasteiger partial charge in [-0.3, -0.25) is 14.7 Å². The van der Waals surface area contributed by atoms with E-state index in [1.54, 1.807) is 21.7 Å². The van der Waals surface area contributed by atoms with Crippen LogP contribution in [0, 0.1) is 0 Å². The zero-order valence-electron chi connectivity index (χ0n) is 24.7. The Kier molecular flexibility index (Phi) is 8.59.